The van der Waals surface area contributed by atoms with Crippen molar-refractivity contribution in [3.63, 3.8) is 0 Å². The Hall–Kier alpha value is -0.810. The number of halogens is 2. The molecule has 3 N–H and O–H groups in total. The summed E-state index contributed by atoms with van der Waals surface area (Å²) in [4.78, 5) is 13.3. The molecule has 122 valence electrons. The van der Waals surface area contributed by atoms with Gasteiger partial charge in [0.25, 0.3) is 0 Å². The number of nitrogens with one attached hydrogen (secondary N) is 1. The lowest BCUT2D eigenvalue weighted by Crippen LogP contribution is -2.46. The van der Waals surface area contributed by atoms with E-state index in [1.807, 2.05) is 19.1 Å². The number of nitrogens with zero attached hydrogens (tertiary/aromatic N) is 1. The fourth-order valence-corrected chi connectivity index (χ4v) is 3.55. The Morgan fingerprint density at radius 1 is 1.32 bits per heavy atom. The lowest BCUT2D eigenvalue weighted by atomic mass is 10.0. The topological polar surface area (TPSA) is 58.4 Å². The Balaban J connectivity index is 1.78. The zero-order valence-electron chi connectivity index (χ0n) is 12.8. The third-order valence-electron chi connectivity index (χ3n) is 3.94. The number of amides is 1. The highest BCUT2D eigenvalue weighted by Crippen LogP contribution is 2.21. The molecule has 2 rings (SSSR count). The average Bonchev–Trinajstić information content (AvgIpc) is 2.39. The number of primary amides is 1. The van der Waals surface area contributed by atoms with Crippen molar-refractivity contribution < 1.29 is 4.79 Å². The second-order valence-corrected chi connectivity index (χ2v) is 6.94. The quantitative estimate of drug-likeness (QED) is 0.834. The smallest absolute Gasteiger partial charge is 0.218 e. The van der Waals surface area contributed by atoms with Gasteiger partial charge in [0.1, 0.15) is 0 Å². The summed E-state index contributed by atoms with van der Waals surface area (Å²) in [5.74, 6) is -0.254. The third-order valence-corrected chi connectivity index (χ3v) is 4.38. The molecule has 1 amide bonds. The highest BCUT2D eigenvalue weighted by molar-refractivity contribution is 6.34. The Morgan fingerprint density at radius 2 is 1.91 bits per heavy atom. The van der Waals surface area contributed by atoms with Gasteiger partial charge in [-0.15, -0.1) is 0 Å². The van der Waals surface area contributed by atoms with E-state index >= 15 is 0 Å². The summed E-state index contributed by atoms with van der Waals surface area (Å²) >= 11 is 12.1. The van der Waals surface area contributed by atoms with E-state index in [1.54, 1.807) is 6.07 Å². The van der Waals surface area contributed by atoms with Crippen LogP contribution < -0.4 is 11.1 Å². The number of carbonyl (C=O) groups is 1. The first kappa shape index (κ1) is 17.5. The van der Waals surface area contributed by atoms with Crippen LogP contribution >= 0.6 is 23.2 Å². The lowest BCUT2D eigenvalue weighted by Gasteiger charge is -2.33. The van der Waals surface area contributed by atoms with Gasteiger partial charge in [-0.2, -0.15) is 0 Å². The molecule has 1 unspecified atom stereocenters. The second-order valence-electron chi connectivity index (χ2n) is 6.07. The molecule has 1 atom stereocenters. The van der Waals surface area contributed by atoms with E-state index < -0.39 is 0 Å². The molecule has 1 aliphatic heterocycles. The molecule has 0 saturated carbocycles. The zero-order chi connectivity index (χ0) is 16.1. The highest BCUT2D eigenvalue weighted by atomic mass is 35.5. The van der Waals surface area contributed by atoms with Crippen LogP contribution in [0.15, 0.2) is 18.2 Å². The maximum absolute atomic E-state index is 10.9. The Bertz CT molecular complexity index is 496. The van der Waals surface area contributed by atoms with Crippen molar-refractivity contribution >= 4 is 29.1 Å². The van der Waals surface area contributed by atoms with Crippen molar-refractivity contribution in [2.24, 2.45) is 5.73 Å². The van der Waals surface area contributed by atoms with E-state index in [2.05, 4.69) is 10.2 Å². The Morgan fingerprint density at radius 3 is 2.45 bits per heavy atom. The van der Waals surface area contributed by atoms with Crippen LogP contribution in [0.1, 0.15) is 31.7 Å². The van der Waals surface area contributed by atoms with Gasteiger partial charge < -0.3 is 11.1 Å². The molecule has 1 fully saturated rings. The third kappa shape index (κ3) is 5.76. The maximum Gasteiger partial charge on any atom is 0.218 e. The minimum Gasteiger partial charge on any atom is -0.370 e. The minimum atomic E-state index is -0.254. The first-order valence-corrected chi connectivity index (χ1v) is 8.39. The van der Waals surface area contributed by atoms with Crippen molar-refractivity contribution in [2.45, 2.75) is 44.8 Å². The molecule has 1 aliphatic rings. The summed E-state index contributed by atoms with van der Waals surface area (Å²) in [6.45, 7) is 4.91. The van der Waals surface area contributed by atoms with Gasteiger partial charge in [-0.25, -0.2) is 0 Å². The van der Waals surface area contributed by atoms with E-state index in [4.69, 9.17) is 28.9 Å². The molecule has 0 bridgehead atoms. The average molecular weight is 344 g/mol. The molecule has 1 heterocycles. The van der Waals surface area contributed by atoms with Gasteiger partial charge in [0, 0.05) is 35.1 Å². The van der Waals surface area contributed by atoms with Crippen molar-refractivity contribution in [2.75, 3.05) is 13.1 Å². The number of hydrogen-bond acceptors (Lipinski definition) is 3. The fourth-order valence-electron chi connectivity index (χ4n) is 2.98. The largest absolute Gasteiger partial charge is 0.370 e. The molecule has 6 heteroatoms. The Kier molecular flexibility index (Phi) is 6.50. The molecular weight excluding hydrogens is 321 g/mol. The van der Waals surface area contributed by atoms with Crippen LogP contribution in [0.4, 0.5) is 0 Å². The van der Waals surface area contributed by atoms with Crippen LogP contribution in [-0.4, -0.2) is 36.0 Å². The minimum absolute atomic E-state index is 0.140. The van der Waals surface area contributed by atoms with Gasteiger partial charge in [-0.3, -0.25) is 9.69 Å². The second kappa shape index (κ2) is 8.16. The van der Waals surface area contributed by atoms with Crippen LogP contribution in [0.25, 0.3) is 0 Å². The molecule has 1 aromatic carbocycles. The number of benzene rings is 1. The predicted octanol–water partition coefficient (Wildman–Crippen LogP) is 2.81. The maximum atomic E-state index is 10.9. The van der Waals surface area contributed by atoms with Gasteiger partial charge in [-0.1, -0.05) is 23.2 Å². The van der Waals surface area contributed by atoms with E-state index in [9.17, 15) is 4.79 Å². The van der Waals surface area contributed by atoms with Crippen LogP contribution in [0.3, 0.4) is 0 Å². The molecule has 0 aliphatic carbocycles. The van der Waals surface area contributed by atoms with Crippen LogP contribution in [0.2, 0.25) is 10.0 Å². The SMILES string of the molecule is CC(CC(N)=O)NC1CCN(Cc2cc(Cl)cc(Cl)c2)CC1. The molecule has 0 spiro atoms. The number of rotatable bonds is 6. The summed E-state index contributed by atoms with van der Waals surface area (Å²) in [6, 6.07) is 6.27. The van der Waals surface area contributed by atoms with Crippen LogP contribution in [-0.2, 0) is 11.3 Å². The van der Waals surface area contributed by atoms with Crippen LogP contribution in [0, 0.1) is 0 Å². The molecule has 0 radical (unpaired) electrons. The molecular formula is C16H23Cl2N3O. The number of nitrogens with two attached hydrogens (primary N) is 1. The van der Waals surface area contributed by atoms with Crippen molar-refractivity contribution in [1.29, 1.82) is 0 Å². The predicted molar refractivity (Wildman–Crippen MR) is 91.2 cm³/mol. The summed E-state index contributed by atoms with van der Waals surface area (Å²) in [6.07, 6.45) is 2.52. The summed E-state index contributed by atoms with van der Waals surface area (Å²) in [5, 5.41) is 4.84. The van der Waals surface area contributed by atoms with Gasteiger partial charge in [-0.05, 0) is 56.6 Å². The lowest BCUT2D eigenvalue weighted by molar-refractivity contribution is -0.118. The molecule has 1 saturated heterocycles. The van der Waals surface area contributed by atoms with E-state index in [-0.39, 0.29) is 11.9 Å². The van der Waals surface area contributed by atoms with Crippen molar-refractivity contribution in [3.8, 4) is 0 Å². The van der Waals surface area contributed by atoms with Gasteiger partial charge in [0.05, 0.1) is 0 Å². The molecule has 4 nitrogen and oxygen atoms in total. The van der Waals surface area contributed by atoms with Crippen LogP contribution in [0.5, 0.6) is 0 Å². The molecule has 22 heavy (non-hydrogen) atoms. The van der Waals surface area contributed by atoms with E-state index in [0.29, 0.717) is 22.5 Å². The number of hydrogen-bond donors (Lipinski definition) is 2. The summed E-state index contributed by atoms with van der Waals surface area (Å²) in [5.41, 5.74) is 6.37. The van der Waals surface area contributed by atoms with Crippen molar-refractivity contribution in [1.82, 2.24) is 10.2 Å². The zero-order valence-corrected chi connectivity index (χ0v) is 14.3. The molecule has 1 aromatic rings. The van der Waals surface area contributed by atoms with E-state index in [1.165, 1.54) is 0 Å². The number of piperidine rings is 1. The fraction of sp³-hybridized carbons (Fsp3) is 0.562. The molecule has 0 aromatic heterocycles. The first-order valence-electron chi connectivity index (χ1n) is 7.64. The van der Waals surface area contributed by atoms with Gasteiger partial charge >= 0.3 is 0 Å². The number of carbonyl (C=O) groups excluding carboxylic acids is 1. The summed E-state index contributed by atoms with van der Waals surface area (Å²) < 4.78 is 0. The standard InChI is InChI=1S/C16H23Cl2N3O/c1-11(6-16(19)22)20-15-2-4-21(5-3-15)10-12-7-13(17)9-14(18)8-12/h7-9,11,15,20H,2-6,10H2,1H3,(H2,19,22). The first-order chi connectivity index (χ1) is 10.4. The monoisotopic (exact) mass is 343 g/mol. The van der Waals surface area contributed by atoms with Gasteiger partial charge in [0.2, 0.25) is 5.91 Å². The normalized spacial score (nSPS) is 18.3. The highest BCUT2D eigenvalue weighted by Gasteiger charge is 2.21. The van der Waals surface area contributed by atoms with Gasteiger partial charge in [0.15, 0.2) is 0 Å². The summed E-state index contributed by atoms with van der Waals surface area (Å²) in [7, 11) is 0. The Labute approximate surface area is 141 Å². The van der Waals surface area contributed by atoms with Crippen molar-refractivity contribution in [3.05, 3.63) is 33.8 Å². The number of likely N-dealkylation sites (tertiary alicyclic amines) is 1. The van der Waals surface area contributed by atoms with E-state index in [0.717, 1.165) is 38.0 Å².